The van der Waals surface area contributed by atoms with Crippen molar-refractivity contribution in [3.05, 3.63) is 76.5 Å². The standard InChI is InChI=1S/C21H19ClN2O4/c1-13-6-5-7-14(2)20(13)27-12-19(25)23-24-21(26)18-11-10-17(28-18)15-8-3-4-9-16(15)22/h3-11H,12H2,1-2H3,(H,23,25)(H,24,26). The van der Waals surface area contributed by atoms with Crippen molar-refractivity contribution in [1.82, 2.24) is 10.9 Å². The lowest BCUT2D eigenvalue weighted by Gasteiger charge is -2.12. The highest BCUT2D eigenvalue weighted by Gasteiger charge is 2.15. The SMILES string of the molecule is Cc1cccc(C)c1OCC(=O)NNC(=O)c1ccc(-c2ccccc2Cl)o1. The van der Waals surface area contributed by atoms with Crippen LogP contribution in [0.5, 0.6) is 5.75 Å². The minimum atomic E-state index is -0.585. The highest BCUT2D eigenvalue weighted by molar-refractivity contribution is 6.33. The van der Waals surface area contributed by atoms with Crippen molar-refractivity contribution in [1.29, 1.82) is 0 Å². The number of hydrogen-bond acceptors (Lipinski definition) is 4. The van der Waals surface area contributed by atoms with Gasteiger partial charge in [0, 0.05) is 5.56 Å². The molecule has 1 aromatic heterocycles. The lowest BCUT2D eigenvalue weighted by molar-refractivity contribution is -0.123. The molecule has 2 aromatic carbocycles. The van der Waals surface area contributed by atoms with E-state index < -0.39 is 11.8 Å². The fourth-order valence-electron chi connectivity index (χ4n) is 2.65. The van der Waals surface area contributed by atoms with Crippen LogP contribution in [0.15, 0.2) is 59.0 Å². The number of carbonyl (C=O) groups excluding carboxylic acids is 2. The normalized spacial score (nSPS) is 10.4. The Balaban J connectivity index is 1.54. The number of hydrazine groups is 1. The number of para-hydroxylation sites is 1. The van der Waals surface area contributed by atoms with Gasteiger partial charge in [0.1, 0.15) is 11.5 Å². The van der Waals surface area contributed by atoms with Crippen molar-refractivity contribution in [2.24, 2.45) is 0 Å². The Bertz CT molecular complexity index is 993. The lowest BCUT2D eigenvalue weighted by Crippen LogP contribution is -2.43. The summed E-state index contributed by atoms with van der Waals surface area (Å²) in [5.74, 6) is 0.0818. The van der Waals surface area contributed by atoms with Crippen molar-refractivity contribution in [3.63, 3.8) is 0 Å². The largest absolute Gasteiger partial charge is 0.483 e. The van der Waals surface area contributed by atoms with Crippen molar-refractivity contribution in [2.45, 2.75) is 13.8 Å². The van der Waals surface area contributed by atoms with E-state index in [-0.39, 0.29) is 12.4 Å². The van der Waals surface area contributed by atoms with Crippen LogP contribution in [-0.4, -0.2) is 18.4 Å². The Kier molecular flexibility index (Phi) is 6.01. The summed E-state index contributed by atoms with van der Waals surface area (Å²) in [4.78, 5) is 24.1. The Morgan fingerprint density at radius 1 is 0.964 bits per heavy atom. The van der Waals surface area contributed by atoms with Gasteiger partial charge in [0.2, 0.25) is 0 Å². The van der Waals surface area contributed by atoms with Crippen molar-refractivity contribution >= 4 is 23.4 Å². The molecule has 0 unspecified atom stereocenters. The summed E-state index contributed by atoms with van der Waals surface area (Å²) in [6.45, 7) is 3.57. The number of rotatable bonds is 5. The number of carbonyl (C=O) groups is 2. The third-order valence-electron chi connectivity index (χ3n) is 4.04. The van der Waals surface area contributed by atoms with E-state index in [0.29, 0.717) is 22.1 Å². The molecule has 0 bridgehead atoms. The number of ether oxygens (including phenoxy) is 1. The molecule has 0 radical (unpaired) electrons. The Labute approximate surface area is 167 Å². The Morgan fingerprint density at radius 3 is 2.39 bits per heavy atom. The second kappa shape index (κ2) is 8.63. The molecule has 2 amide bonds. The van der Waals surface area contributed by atoms with Gasteiger partial charge < -0.3 is 9.15 Å². The van der Waals surface area contributed by atoms with Crippen LogP contribution in [0.3, 0.4) is 0 Å². The molecule has 0 aliphatic heterocycles. The zero-order valence-corrected chi connectivity index (χ0v) is 16.2. The molecule has 0 fully saturated rings. The van der Waals surface area contributed by atoms with E-state index >= 15 is 0 Å². The summed E-state index contributed by atoms with van der Waals surface area (Å²) < 4.78 is 11.1. The number of aryl methyl sites for hydroxylation is 2. The van der Waals surface area contributed by atoms with Gasteiger partial charge in [-0.2, -0.15) is 0 Å². The van der Waals surface area contributed by atoms with Crippen molar-refractivity contribution < 1.29 is 18.7 Å². The maximum Gasteiger partial charge on any atom is 0.305 e. The molecule has 28 heavy (non-hydrogen) atoms. The number of benzene rings is 2. The molecule has 3 aromatic rings. The second-order valence-electron chi connectivity index (χ2n) is 6.16. The minimum Gasteiger partial charge on any atom is -0.483 e. The first-order valence-corrected chi connectivity index (χ1v) is 8.96. The first-order chi connectivity index (χ1) is 13.5. The van der Waals surface area contributed by atoms with Gasteiger partial charge in [-0.05, 0) is 49.2 Å². The molecule has 0 aliphatic carbocycles. The van der Waals surface area contributed by atoms with E-state index in [1.54, 1.807) is 24.3 Å². The van der Waals surface area contributed by atoms with Gasteiger partial charge in [0.15, 0.2) is 12.4 Å². The van der Waals surface area contributed by atoms with Gasteiger partial charge >= 0.3 is 5.91 Å². The van der Waals surface area contributed by atoms with Crippen molar-refractivity contribution in [2.75, 3.05) is 6.61 Å². The molecule has 0 spiro atoms. The average molecular weight is 399 g/mol. The second-order valence-corrected chi connectivity index (χ2v) is 6.56. The quantitative estimate of drug-likeness (QED) is 0.635. The van der Waals surface area contributed by atoms with E-state index in [2.05, 4.69) is 10.9 Å². The van der Waals surface area contributed by atoms with Crippen LogP contribution < -0.4 is 15.6 Å². The fourth-order valence-corrected chi connectivity index (χ4v) is 2.88. The predicted molar refractivity (Wildman–Crippen MR) is 106 cm³/mol. The molecule has 144 valence electrons. The molecule has 0 saturated carbocycles. The summed E-state index contributed by atoms with van der Waals surface area (Å²) in [7, 11) is 0. The zero-order valence-electron chi connectivity index (χ0n) is 15.4. The number of hydrogen-bond donors (Lipinski definition) is 2. The highest BCUT2D eigenvalue weighted by Crippen LogP contribution is 2.29. The molecule has 7 heteroatoms. The fraction of sp³-hybridized carbons (Fsp3) is 0.143. The van der Waals surface area contributed by atoms with Crippen LogP contribution in [0.1, 0.15) is 21.7 Å². The highest BCUT2D eigenvalue weighted by atomic mass is 35.5. The van der Waals surface area contributed by atoms with Crippen LogP contribution in [0.25, 0.3) is 11.3 Å². The summed E-state index contributed by atoms with van der Waals surface area (Å²) in [6, 6.07) is 16.0. The van der Waals surface area contributed by atoms with Crippen LogP contribution in [0, 0.1) is 13.8 Å². The van der Waals surface area contributed by atoms with E-state index in [9.17, 15) is 9.59 Å². The Morgan fingerprint density at radius 2 is 1.68 bits per heavy atom. The summed E-state index contributed by atoms with van der Waals surface area (Å²) >= 11 is 6.13. The van der Waals surface area contributed by atoms with Gasteiger partial charge in [-0.25, -0.2) is 0 Å². The van der Waals surface area contributed by atoms with Crippen molar-refractivity contribution in [3.8, 4) is 17.1 Å². The molecule has 6 nitrogen and oxygen atoms in total. The van der Waals surface area contributed by atoms with E-state index in [0.717, 1.165) is 11.1 Å². The minimum absolute atomic E-state index is 0.0471. The number of nitrogens with one attached hydrogen (secondary N) is 2. The molecule has 3 rings (SSSR count). The van der Waals surface area contributed by atoms with Gasteiger partial charge in [0.05, 0.1) is 5.02 Å². The van der Waals surface area contributed by atoms with Crippen LogP contribution >= 0.6 is 11.6 Å². The number of halogens is 1. The predicted octanol–water partition coefficient (Wildman–Crippen LogP) is 4.06. The van der Waals surface area contributed by atoms with Crippen LogP contribution in [-0.2, 0) is 4.79 Å². The summed E-state index contributed by atoms with van der Waals surface area (Å²) in [5, 5.41) is 0.515. The van der Waals surface area contributed by atoms with Gasteiger partial charge in [-0.1, -0.05) is 41.9 Å². The smallest absolute Gasteiger partial charge is 0.305 e. The van der Waals surface area contributed by atoms with E-state index in [1.165, 1.54) is 6.07 Å². The molecule has 0 atom stereocenters. The molecule has 0 aliphatic rings. The molecular formula is C21H19ClN2O4. The zero-order chi connectivity index (χ0) is 20.1. The maximum atomic E-state index is 12.2. The first-order valence-electron chi connectivity index (χ1n) is 8.58. The van der Waals surface area contributed by atoms with Gasteiger partial charge in [-0.3, -0.25) is 20.4 Å². The monoisotopic (exact) mass is 398 g/mol. The Hall–Kier alpha value is -3.25. The molecule has 2 N–H and O–H groups in total. The average Bonchev–Trinajstić information content (AvgIpc) is 3.16. The molecule has 0 saturated heterocycles. The number of amides is 2. The third-order valence-corrected chi connectivity index (χ3v) is 4.37. The van der Waals surface area contributed by atoms with E-state index in [4.69, 9.17) is 20.8 Å². The first kappa shape index (κ1) is 19.5. The maximum absolute atomic E-state index is 12.2. The lowest BCUT2D eigenvalue weighted by atomic mass is 10.1. The molecule has 1 heterocycles. The van der Waals surface area contributed by atoms with Crippen LogP contribution in [0.4, 0.5) is 0 Å². The van der Waals surface area contributed by atoms with Crippen LogP contribution in [0.2, 0.25) is 5.02 Å². The summed E-state index contributed by atoms with van der Waals surface area (Å²) in [6.07, 6.45) is 0. The number of furan rings is 1. The van der Waals surface area contributed by atoms with Gasteiger partial charge in [-0.15, -0.1) is 0 Å². The molecular weight excluding hydrogens is 380 g/mol. The van der Waals surface area contributed by atoms with E-state index in [1.807, 2.05) is 38.1 Å². The topological polar surface area (TPSA) is 80.6 Å². The third kappa shape index (κ3) is 4.53. The summed E-state index contributed by atoms with van der Waals surface area (Å²) in [5.41, 5.74) is 7.13. The van der Waals surface area contributed by atoms with Gasteiger partial charge in [0.25, 0.3) is 5.91 Å².